The number of aromatic nitrogens is 2. The number of carbonyl (C=O) groups is 1. The van der Waals surface area contributed by atoms with Crippen molar-refractivity contribution in [3.63, 3.8) is 0 Å². The zero-order valence-electron chi connectivity index (χ0n) is 14.8. The standard InChI is InChI=1S/C19H15ClN4O3S/c1-28-19-23-16(12-4-6-13(20)7-5-12)14(11-21)17(24-19)22-8-10-27-18(25)15-3-2-9-26-15/h2-7,9H,8,10H2,1H3,(H,22,23,24). The van der Waals surface area contributed by atoms with Gasteiger partial charge in [0, 0.05) is 10.6 Å². The van der Waals surface area contributed by atoms with Crippen LogP contribution in [0.1, 0.15) is 16.1 Å². The number of esters is 1. The van der Waals surface area contributed by atoms with Gasteiger partial charge in [0.2, 0.25) is 5.76 Å². The molecule has 3 rings (SSSR count). The Balaban J connectivity index is 1.76. The van der Waals surface area contributed by atoms with Crippen LogP contribution < -0.4 is 5.32 Å². The minimum atomic E-state index is -0.554. The lowest BCUT2D eigenvalue weighted by molar-refractivity contribution is 0.0484. The first-order valence-corrected chi connectivity index (χ1v) is 9.79. The molecular weight excluding hydrogens is 400 g/mol. The second kappa shape index (κ2) is 9.26. The summed E-state index contributed by atoms with van der Waals surface area (Å²) in [7, 11) is 0. The van der Waals surface area contributed by atoms with Crippen molar-refractivity contribution in [2.45, 2.75) is 5.16 Å². The van der Waals surface area contributed by atoms with Crippen LogP contribution in [0.25, 0.3) is 11.3 Å². The largest absolute Gasteiger partial charge is 0.458 e. The molecule has 0 saturated heterocycles. The summed E-state index contributed by atoms with van der Waals surface area (Å²) in [4.78, 5) is 20.6. The predicted octanol–water partition coefficient (Wildman–Crippen LogP) is 4.25. The molecule has 28 heavy (non-hydrogen) atoms. The number of nitrogens with one attached hydrogen (secondary N) is 1. The van der Waals surface area contributed by atoms with Crippen molar-refractivity contribution in [1.82, 2.24) is 9.97 Å². The molecule has 0 unspecified atom stereocenters. The van der Waals surface area contributed by atoms with Crippen LogP contribution in [0.3, 0.4) is 0 Å². The fraction of sp³-hybridized carbons (Fsp3) is 0.158. The lowest BCUT2D eigenvalue weighted by Crippen LogP contribution is -2.15. The number of furan rings is 1. The van der Waals surface area contributed by atoms with Crippen LogP contribution in [0.4, 0.5) is 5.82 Å². The van der Waals surface area contributed by atoms with Crippen molar-refractivity contribution in [3.05, 3.63) is 59.0 Å². The monoisotopic (exact) mass is 414 g/mol. The topological polar surface area (TPSA) is 101 Å². The van der Waals surface area contributed by atoms with Crippen LogP contribution in [-0.2, 0) is 4.74 Å². The normalized spacial score (nSPS) is 10.3. The quantitative estimate of drug-likeness (QED) is 0.265. The van der Waals surface area contributed by atoms with E-state index in [0.29, 0.717) is 27.3 Å². The zero-order chi connectivity index (χ0) is 19.9. The van der Waals surface area contributed by atoms with Gasteiger partial charge in [0.1, 0.15) is 24.1 Å². The molecule has 3 aromatic rings. The summed E-state index contributed by atoms with van der Waals surface area (Å²) in [6, 6.07) is 12.3. The number of carbonyl (C=O) groups excluding carboxylic acids is 1. The zero-order valence-corrected chi connectivity index (χ0v) is 16.4. The maximum atomic E-state index is 11.8. The van der Waals surface area contributed by atoms with E-state index in [2.05, 4.69) is 21.4 Å². The van der Waals surface area contributed by atoms with E-state index in [4.69, 9.17) is 20.8 Å². The molecule has 0 aliphatic heterocycles. The number of anilines is 1. The van der Waals surface area contributed by atoms with E-state index in [1.807, 2.05) is 6.26 Å². The van der Waals surface area contributed by atoms with Gasteiger partial charge in [-0.15, -0.1) is 0 Å². The van der Waals surface area contributed by atoms with E-state index < -0.39 is 5.97 Å². The molecule has 9 heteroatoms. The predicted molar refractivity (Wildman–Crippen MR) is 106 cm³/mol. The maximum Gasteiger partial charge on any atom is 0.374 e. The molecule has 0 aliphatic carbocycles. The Morgan fingerprint density at radius 3 is 2.75 bits per heavy atom. The molecule has 1 N–H and O–H groups in total. The summed E-state index contributed by atoms with van der Waals surface area (Å²) in [5, 5.41) is 13.8. The van der Waals surface area contributed by atoms with Crippen LogP contribution >= 0.6 is 23.4 Å². The smallest absolute Gasteiger partial charge is 0.374 e. The number of rotatable bonds is 7. The third kappa shape index (κ3) is 4.63. The van der Waals surface area contributed by atoms with E-state index in [1.54, 1.807) is 30.3 Å². The Labute approximate surface area is 170 Å². The molecule has 0 aliphatic rings. The van der Waals surface area contributed by atoms with Gasteiger partial charge in [0.05, 0.1) is 18.5 Å². The summed E-state index contributed by atoms with van der Waals surface area (Å²) in [5.74, 6) is -0.0445. The van der Waals surface area contributed by atoms with Crippen LogP contribution in [0.5, 0.6) is 0 Å². The molecule has 142 valence electrons. The van der Waals surface area contributed by atoms with Crippen LogP contribution in [-0.4, -0.2) is 35.3 Å². The van der Waals surface area contributed by atoms with Gasteiger partial charge in [-0.2, -0.15) is 5.26 Å². The molecule has 0 atom stereocenters. The van der Waals surface area contributed by atoms with E-state index >= 15 is 0 Å². The number of ether oxygens (including phenoxy) is 1. The molecule has 0 radical (unpaired) electrons. The number of nitriles is 1. The number of hydrogen-bond acceptors (Lipinski definition) is 8. The number of nitrogens with zero attached hydrogens (tertiary/aromatic N) is 3. The van der Waals surface area contributed by atoms with Crippen molar-refractivity contribution in [2.24, 2.45) is 0 Å². The lowest BCUT2D eigenvalue weighted by Gasteiger charge is -2.12. The van der Waals surface area contributed by atoms with Gasteiger partial charge < -0.3 is 14.5 Å². The first kappa shape index (κ1) is 19.7. The summed E-state index contributed by atoms with van der Waals surface area (Å²) < 4.78 is 10.1. The summed E-state index contributed by atoms with van der Waals surface area (Å²) >= 11 is 7.31. The molecule has 0 spiro atoms. The fourth-order valence-corrected chi connectivity index (χ4v) is 2.85. The van der Waals surface area contributed by atoms with Crippen LogP contribution in [0.15, 0.2) is 52.2 Å². The number of thioether (sulfide) groups is 1. The highest BCUT2D eigenvalue weighted by Crippen LogP contribution is 2.29. The minimum Gasteiger partial charge on any atom is -0.458 e. The first-order chi connectivity index (χ1) is 13.6. The summed E-state index contributed by atoms with van der Waals surface area (Å²) in [6.07, 6.45) is 3.25. The molecule has 2 aromatic heterocycles. The second-order valence-electron chi connectivity index (χ2n) is 5.44. The average Bonchev–Trinajstić information content (AvgIpc) is 3.26. The van der Waals surface area contributed by atoms with Crippen molar-refractivity contribution < 1.29 is 13.9 Å². The molecule has 0 fully saturated rings. The molecule has 2 heterocycles. The van der Waals surface area contributed by atoms with Crippen LogP contribution in [0.2, 0.25) is 5.02 Å². The SMILES string of the molecule is CSc1nc(NCCOC(=O)c2ccco2)c(C#N)c(-c2ccc(Cl)cc2)n1. The Kier molecular flexibility index (Phi) is 6.53. The van der Waals surface area contributed by atoms with Gasteiger partial charge in [-0.05, 0) is 30.5 Å². The highest BCUT2D eigenvalue weighted by atomic mass is 35.5. The Morgan fingerprint density at radius 1 is 1.32 bits per heavy atom. The van der Waals surface area contributed by atoms with Crippen molar-refractivity contribution >= 4 is 35.1 Å². The first-order valence-electron chi connectivity index (χ1n) is 8.19. The van der Waals surface area contributed by atoms with Crippen molar-refractivity contribution in [2.75, 3.05) is 24.7 Å². The molecular formula is C19H15ClN4O3S. The average molecular weight is 415 g/mol. The molecule has 7 nitrogen and oxygen atoms in total. The van der Waals surface area contributed by atoms with Crippen LogP contribution in [0, 0.1) is 11.3 Å². The summed E-state index contributed by atoms with van der Waals surface area (Å²) in [6.45, 7) is 0.352. The van der Waals surface area contributed by atoms with Gasteiger partial charge in [-0.1, -0.05) is 35.5 Å². The van der Waals surface area contributed by atoms with Gasteiger partial charge in [-0.3, -0.25) is 0 Å². The van der Waals surface area contributed by atoms with Gasteiger partial charge in [-0.25, -0.2) is 14.8 Å². The molecule has 1 aromatic carbocycles. The molecule has 0 bridgehead atoms. The molecule has 0 amide bonds. The number of benzene rings is 1. The van der Waals surface area contributed by atoms with Gasteiger partial charge >= 0.3 is 5.97 Å². The fourth-order valence-electron chi connectivity index (χ4n) is 2.36. The Hall–Kier alpha value is -3.02. The lowest BCUT2D eigenvalue weighted by atomic mass is 10.1. The van der Waals surface area contributed by atoms with Crippen molar-refractivity contribution in [1.29, 1.82) is 5.26 Å². The molecule has 0 saturated carbocycles. The van der Waals surface area contributed by atoms with E-state index in [9.17, 15) is 10.1 Å². The Bertz CT molecular complexity index is 1000. The second-order valence-corrected chi connectivity index (χ2v) is 6.65. The number of hydrogen-bond donors (Lipinski definition) is 1. The van der Waals surface area contributed by atoms with E-state index in [0.717, 1.165) is 5.56 Å². The maximum absolute atomic E-state index is 11.8. The van der Waals surface area contributed by atoms with Gasteiger partial charge in [0.25, 0.3) is 0 Å². The third-order valence-corrected chi connectivity index (χ3v) is 4.45. The Morgan fingerprint density at radius 2 is 2.11 bits per heavy atom. The highest BCUT2D eigenvalue weighted by Gasteiger charge is 2.16. The third-order valence-electron chi connectivity index (χ3n) is 3.65. The minimum absolute atomic E-state index is 0.0826. The van der Waals surface area contributed by atoms with E-state index in [-0.39, 0.29) is 18.9 Å². The van der Waals surface area contributed by atoms with Gasteiger partial charge in [0.15, 0.2) is 5.16 Å². The summed E-state index contributed by atoms with van der Waals surface area (Å²) in [5.41, 5.74) is 1.57. The number of halogens is 1. The van der Waals surface area contributed by atoms with E-state index in [1.165, 1.54) is 24.1 Å². The van der Waals surface area contributed by atoms with Crippen molar-refractivity contribution in [3.8, 4) is 17.3 Å². The highest BCUT2D eigenvalue weighted by molar-refractivity contribution is 7.98.